The minimum Gasteiger partial charge on any atom is -0.347 e. The number of nitrogens with one attached hydrogen (secondary N) is 2. The molecule has 2 N–H and O–H groups in total. The minimum atomic E-state index is -0.193. The van der Waals surface area contributed by atoms with Crippen molar-refractivity contribution < 1.29 is 9.59 Å². The smallest absolute Gasteiger partial charge is 0.270 e. The van der Waals surface area contributed by atoms with Crippen LogP contribution >= 0.6 is 0 Å². The summed E-state index contributed by atoms with van der Waals surface area (Å²) in [5.74, 6) is -0.291. The number of carbonyl (C=O) groups excluding carboxylic acids is 2. The van der Waals surface area contributed by atoms with Gasteiger partial charge in [-0.1, -0.05) is 37.1 Å². The fourth-order valence-corrected chi connectivity index (χ4v) is 3.06. The molecule has 1 aliphatic carbocycles. The van der Waals surface area contributed by atoms with Gasteiger partial charge in [0.15, 0.2) is 0 Å². The van der Waals surface area contributed by atoms with Crippen LogP contribution in [0.4, 0.5) is 0 Å². The molecule has 0 bridgehead atoms. The molecule has 1 heterocycles. The number of hydrogen-bond donors (Lipinski definition) is 2. The zero-order valence-corrected chi connectivity index (χ0v) is 13.4. The van der Waals surface area contributed by atoms with Crippen LogP contribution in [-0.2, 0) is 0 Å². The SMILES string of the molecule is O=C(NC1CCCCC1NC(=O)c1ccccn1)c1ccccc1. The van der Waals surface area contributed by atoms with E-state index in [0.29, 0.717) is 11.3 Å². The van der Waals surface area contributed by atoms with Crippen molar-refractivity contribution in [3.63, 3.8) is 0 Å². The van der Waals surface area contributed by atoms with Crippen LogP contribution in [0.5, 0.6) is 0 Å². The third-order valence-electron chi connectivity index (χ3n) is 4.33. The number of amides is 2. The van der Waals surface area contributed by atoms with E-state index < -0.39 is 0 Å². The van der Waals surface area contributed by atoms with Crippen LogP contribution in [0.1, 0.15) is 46.5 Å². The standard InChI is InChI=1S/C19H21N3O2/c23-18(14-8-2-1-3-9-14)21-15-10-4-5-11-16(15)22-19(24)17-12-6-7-13-20-17/h1-3,6-9,12-13,15-16H,4-5,10-11H2,(H,21,23)(H,22,24). The van der Waals surface area contributed by atoms with E-state index in [-0.39, 0.29) is 23.9 Å². The Labute approximate surface area is 141 Å². The average Bonchev–Trinajstić information content (AvgIpc) is 2.64. The van der Waals surface area contributed by atoms with E-state index >= 15 is 0 Å². The van der Waals surface area contributed by atoms with Crippen molar-refractivity contribution in [3.8, 4) is 0 Å². The molecule has 0 spiro atoms. The monoisotopic (exact) mass is 323 g/mol. The molecule has 0 radical (unpaired) electrons. The van der Waals surface area contributed by atoms with Gasteiger partial charge in [-0.2, -0.15) is 0 Å². The lowest BCUT2D eigenvalue weighted by Crippen LogP contribution is -2.53. The summed E-state index contributed by atoms with van der Waals surface area (Å²) in [7, 11) is 0. The number of benzene rings is 1. The summed E-state index contributed by atoms with van der Waals surface area (Å²) >= 11 is 0. The van der Waals surface area contributed by atoms with Gasteiger partial charge in [0.25, 0.3) is 11.8 Å². The summed E-state index contributed by atoms with van der Waals surface area (Å²) in [5.41, 5.74) is 1.04. The number of pyridine rings is 1. The second-order valence-corrected chi connectivity index (χ2v) is 6.03. The maximum absolute atomic E-state index is 12.4. The number of aromatic nitrogens is 1. The van der Waals surface area contributed by atoms with Gasteiger partial charge in [0.1, 0.15) is 5.69 Å². The molecule has 2 aromatic rings. The van der Waals surface area contributed by atoms with Crippen LogP contribution < -0.4 is 10.6 Å². The van der Waals surface area contributed by atoms with E-state index in [1.807, 2.05) is 18.2 Å². The maximum Gasteiger partial charge on any atom is 0.270 e. The van der Waals surface area contributed by atoms with Gasteiger partial charge in [0.05, 0.1) is 0 Å². The first kappa shape index (κ1) is 16.2. The lowest BCUT2D eigenvalue weighted by Gasteiger charge is -2.32. The van der Waals surface area contributed by atoms with Crippen LogP contribution in [0.3, 0.4) is 0 Å². The molecule has 3 rings (SSSR count). The molecule has 124 valence electrons. The zero-order chi connectivity index (χ0) is 16.8. The van der Waals surface area contributed by atoms with E-state index in [1.54, 1.807) is 36.5 Å². The normalized spacial score (nSPS) is 20.2. The van der Waals surface area contributed by atoms with Gasteiger partial charge < -0.3 is 10.6 Å². The van der Waals surface area contributed by atoms with Crippen LogP contribution in [0, 0.1) is 0 Å². The van der Waals surface area contributed by atoms with Gasteiger partial charge in [-0.25, -0.2) is 0 Å². The van der Waals surface area contributed by atoms with E-state index in [9.17, 15) is 9.59 Å². The number of nitrogens with zero attached hydrogens (tertiary/aromatic N) is 1. The van der Waals surface area contributed by atoms with E-state index in [4.69, 9.17) is 0 Å². The van der Waals surface area contributed by atoms with Gasteiger partial charge in [0.2, 0.25) is 0 Å². The first-order valence-corrected chi connectivity index (χ1v) is 8.32. The highest BCUT2D eigenvalue weighted by Gasteiger charge is 2.28. The van der Waals surface area contributed by atoms with E-state index in [2.05, 4.69) is 15.6 Å². The molecule has 2 amide bonds. The Bertz CT molecular complexity index is 627. The van der Waals surface area contributed by atoms with Crippen molar-refractivity contribution in [2.45, 2.75) is 37.8 Å². The molecular weight excluding hydrogens is 302 g/mol. The molecule has 1 aliphatic rings. The molecule has 1 aromatic carbocycles. The van der Waals surface area contributed by atoms with Gasteiger partial charge in [-0.3, -0.25) is 14.6 Å². The Hall–Kier alpha value is -2.69. The van der Waals surface area contributed by atoms with Crippen molar-refractivity contribution in [1.82, 2.24) is 15.6 Å². The summed E-state index contributed by atoms with van der Waals surface area (Å²) in [6.07, 6.45) is 5.43. The molecule has 2 atom stereocenters. The Kier molecular flexibility index (Phi) is 5.21. The molecule has 1 saturated carbocycles. The third kappa shape index (κ3) is 3.98. The molecule has 24 heavy (non-hydrogen) atoms. The van der Waals surface area contributed by atoms with Crippen LogP contribution in [0.15, 0.2) is 54.7 Å². The Morgan fingerprint density at radius 1 is 0.833 bits per heavy atom. The fourth-order valence-electron chi connectivity index (χ4n) is 3.06. The Morgan fingerprint density at radius 3 is 2.08 bits per heavy atom. The topological polar surface area (TPSA) is 71.1 Å². The average molecular weight is 323 g/mol. The predicted molar refractivity (Wildman–Crippen MR) is 91.7 cm³/mol. The minimum absolute atomic E-state index is 0.0564. The second kappa shape index (κ2) is 7.73. The summed E-state index contributed by atoms with van der Waals surface area (Å²) in [6.45, 7) is 0. The molecule has 1 aromatic heterocycles. The van der Waals surface area contributed by atoms with Crippen molar-refractivity contribution >= 4 is 11.8 Å². The molecule has 2 unspecified atom stereocenters. The summed E-state index contributed by atoms with van der Waals surface area (Å²) < 4.78 is 0. The fraction of sp³-hybridized carbons (Fsp3) is 0.316. The highest BCUT2D eigenvalue weighted by Crippen LogP contribution is 2.19. The van der Waals surface area contributed by atoms with Gasteiger partial charge in [0, 0.05) is 23.8 Å². The second-order valence-electron chi connectivity index (χ2n) is 6.03. The summed E-state index contributed by atoms with van der Waals surface area (Å²) in [4.78, 5) is 28.8. The summed E-state index contributed by atoms with van der Waals surface area (Å²) in [6, 6.07) is 14.3. The molecule has 0 saturated heterocycles. The van der Waals surface area contributed by atoms with Gasteiger partial charge >= 0.3 is 0 Å². The Balaban J connectivity index is 1.65. The lowest BCUT2D eigenvalue weighted by molar-refractivity contribution is 0.0860. The molecule has 5 heteroatoms. The van der Waals surface area contributed by atoms with Crippen LogP contribution in [0.25, 0.3) is 0 Å². The van der Waals surface area contributed by atoms with Crippen molar-refractivity contribution in [1.29, 1.82) is 0 Å². The summed E-state index contributed by atoms with van der Waals surface area (Å²) in [5, 5.41) is 6.09. The molecular formula is C19H21N3O2. The zero-order valence-electron chi connectivity index (χ0n) is 13.4. The maximum atomic E-state index is 12.4. The largest absolute Gasteiger partial charge is 0.347 e. The van der Waals surface area contributed by atoms with Gasteiger partial charge in [-0.15, -0.1) is 0 Å². The molecule has 5 nitrogen and oxygen atoms in total. The van der Waals surface area contributed by atoms with Crippen molar-refractivity contribution in [3.05, 3.63) is 66.0 Å². The van der Waals surface area contributed by atoms with E-state index in [1.165, 1.54) is 0 Å². The Morgan fingerprint density at radius 2 is 1.46 bits per heavy atom. The first-order valence-electron chi connectivity index (χ1n) is 8.32. The van der Waals surface area contributed by atoms with Crippen molar-refractivity contribution in [2.75, 3.05) is 0 Å². The number of carbonyl (C=O) groups is 2. The molecule has 1 fully saturated rings. The molecule has 0 aliphatic heterocycles. The predicted octanol–water partition coefficient (Wildman–Crippen LogP) is 2.55. The van der Waals surface area contributed by atoms with Gasteiger partial charge in [-0.05, 0) is 37.1 Å². The van der Waals surface area contributed by atoms with E-state index in [0.717, 1.165) is 25.7 Å². The van der Waals surface area contributed by atoms with Crippen LogP contribution in [0.2, 0.25) is 0 Å². The number of rotatable bonds is 4. The third-order valence-corrected chi connectivity index (χ3v) is 4.33. The quantitative estimate of drug-likeness (QED) is 0.908. The van der Waals surface area contributed by atoms with Crippen molar-refractivity contribution in [2.24, 2.45) is 0 Å². The highest BCUT2D eigenvalue weighted by molar-refractivity contribution is 5.95. The first-order chi connectivity index (χ1) is 11.7. The lowest BCUT2D eigenvalue weighted by atomic mass is 9.90. The highest BCUT2D eigenvalue weighted by atomic mass is 16.2. The number of hydrogen-bond acceptors (Lipinski definition) is 3. The van der Waals surface area contributed by atoms with Crippen LogP contribution in [-0.4, -0.2) is 28.9 Å².